The van der Waals surface area contributed by atoms with Gasteiger partial charge in [-0.05, 0) is 34.2 Å². The summed E-state index contributed by atoms with van der Waals surface area (Å²) in [5.74, 6) is 0. The van der Waals surface area contributed by atoms with E-state index in [1.165, 1.54) is 11.3 Å². The van der Waals surface area contributed by atoms with Gasteiger partial charge in [-0.15, -0.1) is 11.3 Å². The Balaban J connectivity index is 1.65. The lowest BCUT2D eigenvalue weighted by Gasteiger charge is -2.08. The third-order valence-electron chi connectivity index (χ3n) is 4.12. The fourth-order valence-corrected chi connectivity index (χ4v) is 3.55. The fraction of sp³-hybridized carbons (Fsp3) is 0.0500. The van der Waals surface area contributed by atoms with Crippen molar-refractivity contribution in [3.8, 4) is 17.2 Å². The van der Waals surface area contributed by atoms with Crippen LogP contribution in [0.5, 0.6) is 0 Å². The van der Waals surface area contributed by atoms with Crippen LogP contribution in [0.4, 0.5) is 0 Å². The summed E-state index contributed by atoms with van der Waals surface area (Å²) in [7, 11) is 0. The molecule has 0 fully saturated rings. The van der Waals surface area contributed by atoms with Crippen LogP contribution in [0.25, 0.3) is 21.3 Å². The van der Waals surface area contributed by atoms with E-state index in [4.69, 9.17) is 0 Å². The molecular weight excluding hydrogens is 330 g/mol. The number of aromatic nitrogens is 2. The van der Waals surface area contributed by atoms with E-state index in [1.54, 1.807) is 10.9 Å². The third-order valence-corrected chi connectivity index (χ3v) is 4.94. The highest BCUT2D eigenvalue weighted by atomic mass is 32.1. The molecule has 5 heteroatoms. The van der Waals surface area contributed by atoms with Gasteiger partial charge in [-0.1, -0.05) is 42.5 Å². The van der Waals surface area contributed by atoms with E-state index in [0.717, 1.165) is 21.5 Å². The number of rotatable bonds is 3. The maximum atomic E-state index is 12.5. The van der Waals surface area contributed by atoms with Gasteiger partial charge >= 0.3 is 0 Å². The van der Waals surface area contributed by atoms with Gasteiger partial charge in [0.05, 0.1) is 29.9 Å². The Kier molecular flexibility index (Phi) is 3.88. The summed E-state index contributed by atoms with van der Waals surface area (Å²) in [6, 6.07) is 19.5. The lowest BCUT2D eigenvalue weighted by molar-refractivity contribution is 0.749. The second-order valence-electron chi connectivity index (χ2n) is 5.67. The van der Waals surface area contributed by atoms with Crippen molar-refractivity contribution in [1.29, 1.82) is 5.26 Å². The molecular formula is C20H13N3OS. The molecule has 0 radical (unpaired) electrons. The van der Waals surface area contributed by atoms with E-state index >= 15 is 0 Å². The maximum Gasteiger partial charge on any atom is 0.262 e. The summed E-state index contributed by atoms with van der Waals surface area (Å²) in [6.45, 7) is 0.470. The molecule has 4 rings (SSSR count). The molecule has 4 aromatic rings. The smallest absolute Gasteiger partial charge is 0.262 e. The number of nitriles is 1. The van der Waals surface area contributed by atoms with Gasteiger partial charge in [0.15, 0.2) is 0 Å². The standard InChI is InChI=1S/C20H13N3OS/c21-11-16-3-1-2-4-17(16)15-7-5-14(6-8-15)12-23-13-22-19-18(20(23)24)9-10-25-19/h1-10,13H,12H2. The minimum Gasteiger partial charge on any atom is -0.294 e. The molecule has 0 saturated heterocycles. The molecule has 0 amide bonds. The minimum absolute atomic E-state index is 0.0230. The van der Waals surface area contributed by atoms with Gasteiger partial charge in [-0.3, -0.25) is 9.36 Å². The predicted molar refractivity (Wildman–Crippen MR) is 99.6 cm³/mol. The highest BCUT2D eigenvalue weighted by Crippen LogP contribution is 2.23. The molecule has 2 heterocycles. The number of thiophene rings is 1. The van der Waals surface area contributed by atoms with Crippen LogP contribution < -0.4 is 5.56 Å². The first-order valence-corrected chi connectivity index (χ1v) is 8.65. The van der Waals surface area contributed by atoms with Crippen LogP contribution >= 0.6 is 11.3 Å². The first-order valence-electron chi connectivity index (χ1n) is 7.77. The minimum atomic E-state index is -0.0230. The van der Waals surface area contributed by atoms with Gasteiger partial charge in [-0.25, -0.2) is 4.98 Å². The molecule has 0 unspecified atom stereocenters. The van der Waals surface area contributed by atoms with E-state index in [9.17, 15) is 10.1 Å². The van der Waals surface area contributed by atoms with E-state index in [1.807, 2.05) is 60.0 Å². The molecule has 0 aliphatic rings. The maximum absolute atomic E-state index is 12.5. The number of benzene rings is 2. The molecule has 0 N–H and O–H groups in total. The van der Waals surface area contributed by atoms with Gasteiger partial charge in [0.2, 0.25) is 0 Å². The van der Waals surface area contributed by atoms with Crippen molar-refractivity contribution in [2.45, 2.75) is 6.54 Å². The fourth-order valence-electron chi connectivity index (χ4n) is 2.82. The molecule has 0 bridgehead atoms. The normalized spacial score (nSPS) is 10.7. The Morgan fingerprint density at radius 2 is 1.88 bits per heavy atom. The van der Waals surface area contributed by atoms with Gasteiger partial charge in [0.1, 0.15) is 4.83 Å². The third kappa shape index (κ3) is 2.84. The lowest BCUT2D eigenvalue weighted by Crippen LogP contribution is -2.20. The Hall–Kier alpha value is -3.23. The van der Waals surface area contributed by atoms with Crippen LogP contribution in [0.3, 0.4) is 0 Å². The molecule has 0 saturated carbocycles. The van der Waals surface area contributed by atoms with Gasteiger partial charge < -0.3 is 0 Å². The van der Waals surface area contributed by atoms with Crippen molar-refractivity contribution in [3.05, 3.63) is 87.8 Å². The molecule has 4 nitrogen and oxygen atoms in total. The molecule has 0 atom stereocenters. The van der Waals surface area contributed by atoms with Crippen LogP contribution in [0.1, 0.15) is 11.1 Å². The zero-order chi connectivity index (χ0) is 17.2. The number of hydrogen-bond acceptors (Lipinski definition) is 4. The topological polar surface area (TPSA) is 58.7 Å². The first kappa shape index (κ1) is 15.3. The van der Waals surface area contributed by atoms with Crippen LogP contribution in [0, 0.1) is 11.3 Å². The summed E-state index contributed by atoms with van der Waals surface area (Å²) >= 11 is 1.47. The van der Waals surface area contributed by atoms with Crippen molar-refractivity contribution in [2.75, 3.05) is 0 Å². The summed E-state index contributed by atoms with van der Waals surface area (Å²) in [4.78, 5) is 17.6. The summed E-state index contributed by atoms with van der Waals surface area (Å²) in [5, 5.41) is 11.8. The largest absolute Gasteiger partial charge is 0.294 e. The molecule has 2 aromatic heterocycles. The van der Waals surface area contributed by atoms with Crippen molar-refractivity contribution in [1.82, 2.24) is 9.55 Å². The zero-order valence-corrected chi connectivity index (χ0v) is 14.0. The van der Waals surface area contributed by atoms with E-state index in [0.29, 0.717) is 17.5 Å². The summed E-state index contributed by atoms with van der Waals surface area (Å²) in [6.07, 6.45) is 1.60. The molecule has 120 valence electrons. The van der Waals surface area contributed by atoms with Gasteiger partial charge in [0.25, 0.3) is 5.56 Å². The quantitative estimate of drug-likeness (QED) is 0.564. The van der Waals surface area contributed by atoms with Crippen LogP contribution in [-0.4, -0.2) is 9.55 Å². The SMILES string of the molecule is N#Cc1ccccc1-c1ccc(Cn2cnc3sccc3c2=O)cc1. The summed E-state index contributed by atoms with van der Waals surface area (Å²) in [5.41, 5.74) is 3.54. The highest BCUT2D eigenvalue weighted by Gasteiger charge is 2.07. The van der Waals surface area contributed by atoms with Crippen LogP contribution in [0.2, 0.25) is 0 Å². The molecule has 0 aliphatic carbocycles. The Labute approximate surface area is 148 Å². The number of nitrogens with zero attached hydrogens (tertiary/aromatic N) is 3. The van der Waals surface area contributed by atoms with Crippen molar-refractivity contribution in [2.24, 2.45) is 0 Å². The average molecular weight is 343 g/mol. The zero-order valence-electron chi connectivity index (χ0n) is 13.2. The highest BCUT2D eigenvalue weighted by molar-refractivity contribution is 7.16. The average Bonchev–Trinajstić information content (AvgIpc) is 3.14. The van der Waals surface area contributed by atoms with Gasteiger partial charge in [0, 0.05) is 0 Å². The monoisotopic (exact) mass is 343 g/mol. The van der Waals surface area contributed by atoms with Crippen LogP contribution in [0.15, 0.2) is 71.1 Å². The number of fused-ring (bicyclic) bond motifs is 1. The second kappa shape index (κ2) is 6.34. The Bertz CT molecular complexity index is 1150. The molecule has 0 aliphatic heterocycles. The Morgan fingerprint density at radius 3 is 2.68 bits per heavy atom. The summed E-state index contributed by atoms with van der Waals surface area (Å²) < 4.78 is 1.62. The first-order chi connectivity index (χ1) is 12.3. The van der Waals surface area contributed by atoms with Gasteiger partial charge in [-0.2, -0.15) is 5.26 Å². The van der Waals surface area contributed by atoms with Crippen LogP contribution in [-0.2, 0) is 6.54 Å². The predicted octanol–water partition coefficient (Wildman–Crippen LogP) is 4.04. The van der Waals surface area contributed by atoms with E-state index in [2.05, 4.69) is 11.1 Å². The van der Waals surface area contributed by atoms with E-state index in [-0.39, 0.29) is 5.56 Å². The van der Waals surface area contributed by atoms with Crippen molar-refractivity contribution in [3.63, 3.8) is 0 Å². The molecule has 0 spiro atoms. The van der Waals surface area contributed by atoms with Crippen molar-refractivity contribution < 1.29 is 0 Å². The molecule has 2 aromatic carbocycles. The number of hydrogen-bond donors (Lipinski definition) is 0. The molecule has 25 heavy (non-hydrogen) atoms. The van der Waals surface area contributed by atoms with Crippen molar-refractivity contribution >= 4 is 21.6 Å². The second-order valence-corrected chi connectivity index (χ2v) is 6.57. The Morgan fingerprint density at radius 1 is 1.08 bits per heavy atom. The van der Waals surface area contributed by atoms with E-state index < -0.39 is 0 Å². The lowest BCUT2D eigenvalue weighted by atomic mass is 9.99.